The average molecular weight is 481 g/mol. The van der Waals surface area contributed by atoms with Gasteiger partial charge in [-0.25, -0.2) is 4.98 Å². The van der Waals surface area contributed by atoms with Crippen LogP contribution in [0.25, 0.3) is 11.5 Å². The summed E-state index contributed by atoms with van der Waals surface area (Å²) >= 11 is 1.35. The number of aryl methyl sites for hydroxylation is 1. The molecule has 7 nitrogen and oxygen atoms in total. The Hall–Kier alpha value is -3.18. The Balaban J connectivity index is 1.58. The Bertz CT molecular complexity index is 1110. The summed E-state index contributed by atoms with van der Waals surface area (Å²) in [6, 6.07) is 10.4. The van der Waals surface area contributed by atoms with Gasteiger partial charge < -0.3 is 19.8 Å². The molecule has 0 bridgehead atoms. The molecule has 0 radical (unpaired) electrons. The van der Waals surface area contributed by atoms with Crippen LogP contribution in [0, 0.1) is 6.92 Å². The van der Waals surface area contributed by atoms with Crippen molar-refractivity contribution in [2.75, 3.05) is 12.4 Å². The lowest BCUT2D eigenvalue weighted by Gasteiger charge is -2.06. The molecule has 0 saturated heterocycles. The minimum Gasteiger partial charge on any atom is -0.441 e. The van der Waals surface area contributed by atoms with Crippen LogP contribution in [0.4, 0.5) is 18.9 Å². The van der Waals surface area contributed by atoms with Crippen LogP contribution >= 0.6 is 11.3 Å². The van der Waals surface area contributed by atoms with E-state index in [4.69, 9.17) is 9.15 Å². The second kappa shape index (κ2) is 10.6. The largest absolute Gasteiger partial charge is 0.441 e. The van der Waals surface area contributed by atoms with Gasteiger partial charge in [0.15, 0.2) is 0 Å². The number of anilines is 1. The average Bonchev–Trinajstić information content (AvgIpc) is 3.38. The lowest BCUT2D eigenvalue weighted by Crippen LogP contribution is -2.24. The standard InChI is InChI=1S/C22H22F3N3O4S/c1-13-17(11-26-19(29)9-10-22(23,24)25)28-21(32-13)14-3-5-15(6-4-14)27-20(30)18-8-7-16(33-18)12-31-2/h3-8H,9-12H2,1-2H3,(H,26,29)(H,27,30). The molecule has 176 valence electrons. The topological polar surface area (TPSA) is 93.5 Å². The number of carbonyl (C=O) groups excluding carboxylic acids is 2. The molecule has 2 amide bonds. The van der Waals surface area contributed by atoms with E-state index in [1.807, 2.05) is 6.07 Å². The van der Waals surface area contributed by atoms with E-state index in [-0.39, 0.29) is 12.5 Å². The predicted octanol–water partition coefficient (Wildman–Crippen LogP) is 5.07. The van der Waals surface area contributed by atoms with E-state index in [1.54, 1.807) is 44.4 Å². The number of halogens is 3. The third kappa shape index (κ3) is 7.16. The SMILES string of the molecule is COCc1ccc(C(=O)Nc2ccc(-c3nc(CNC(=O)CCC(F)(F)F)c(C)o3)cc2)s1. The second-order valence-corrected chi connectivity index (χ2v) is 8.31. The monoisotopic (exact) mass is 481 g/mol. The highest BCUT2D eigenvalue weighted by atomic mass is 32.1. The van der Waals surface area contributed by atoms with Crippen molar-refractivity contribution in [3.05, 3.63) is 57.6 Å². The first kappa shape index (κ1) is 24.5. The molecule has 2 aromatic heterocycles. The smallest absolute Gasteiger partial charge is 0.389 e. The maximum absolute atomic E-state index is 12.4. The molecule has 2 heterocycles. The van der Waals surface area contributed by atoms with E-state index < -0.39 is 24.9 Å². The van der Waals surface area contributed by atoms with Gasteiger partial charge in [0.05, 0.1) is 24.4 Å². The number of aromatic nitrogens is 1. The van der Waals surface area contributed by atoms with E-state index in [9.17, 15) is 22.8 Å². The van der Waals surface area contributed by atoms with Gasteiger partial charge in [-0.2, -0.15) is 13.2 Å². The van der Waals surface area contributed by atoms with Gasteiger partial charge in [-0.05, 0) is 43.3 Å². The highest BCUT2D eigenvalue weighted by Gasteiger charge is 2.27. The zero-order chi connectivity index (χ0) is 24.0. The number of alkyl halides is 3. The van der Waals surface area contributed by atoms with E-state index in [0.29, 0.717) is 40.1 Å². The maximum atomic E-state index is 12.4. The summed E-state index contributed by atoms with van der Waals surface area (Å²) in [5.74, 6) is -0.197. The van der Waals surface area contributed by atoms with Crippen LogP contribution in [-0.2, 0) is 22.7 Å². The lowest BCUT2D eigenvalue weighted by atomic mass is 10.2. The quantitative estimate of drug-likeness (QED) is 0.445. The fourth-order valence-corrected chi connectivity index (χ4v) is 3.73. The number of ether oxygens (including phenoxy) is 1. The van der Waals surface area contributed by atoms with Crippen molar-refractivity contribution >= 4 is 28.8 Å². The molecule has 0 aliphatic carbocycles. The number of amides is 2. The van der Waals surface area contributed by atoms with Crippen molar-refractivity contribution < 1.29 is 31.9 Å². The first-order valence-corrected chi connectivity index (χ1v) is 10.8. The zero-order valence-electron chi connectivity index (χ0n) is 17.9. The van der Waals surface area contributed by atoms with Crippen molar-refractivity contribution in [3.8, 4) is 11.5 Å². The molecule has 3 rings (SSSR count). The van der Waals surface area contributed by atoms with Crippen molar-refractivity contribution in [2.45, 2.75) is 39.1 Å². The molecule has 0 unspecified atom stereocenters. The van der Waals surface area contributed by atoms with Crippen LogP contribution in [0.5, 0.6) is 0 Å². The Morgan fingerprint density at radius 3 is 2.55 bits per heavy atom. The minimum atomic E-state index is -4.38. The van der Waals surface area contributed by atoms with Crippen LogP contribution in [0.2, 0.25) is 0 Å². The zero-order valence-corrected chi connectivity index (χ0v) is 18.7. The van der Waals surface area contributed by atoms with E-state index >= 15 is 0 Å². The molecule has 33 heavy (non-hydrogen) atoms. The first-order chi connectivity index (χ1) is 15.6. The normalized spacial score (nSPS) is 11.4. The number of methoxy groups -OCH3 is 1. The fraction of sp³-hybridized carbons (Fsp3) is 0.318. The van der Waals surface area contributed by atoms with Gasteiger partial charge in [0, 0.05) is 29.7 Å². The van der Waals surface area contributed by atoms with Crippen LogP contribution in [0.15, 0.2) is 40.8 Å². The molecule has 0 saturated carbocycles. The highest BCUT2D eigenvalue weighted by Crippen LogP contribution is 2.25. The fourth-order valence-electron chi connectivity index (χ4n) is 2.85. The Kier molecular flexibility index (Phi) is 7.88. The number of nitrogens with zero attached hydrogens (tertiary/aromatic N) is 1. The molecule has 1 aromatic carbocycles. The van der Waals surface area contributed by atoms with Crippen molar-refractivity contribution in [1.29, 1.82) is 0 Å². The van der Waals surface area contributed by atoms with E-state index in [2.05, 4.69) is 15.6 Å². The Morgan fingerprint density at radius 2 is 1.88 bits per heavy atom. The molecular formula is C22H22F3N3O4S. The minimum absolute atomic E-state index is 0.0357. The number of hydrogen-bond acceptors (Lipinski definition) is 6. The number of carbonyl (C=O) groups is 2. The molecule has 0 atom stereocenters. The summed E-state index contributed by atoms with van der Waals surface area (Å²) in [5, 5.41) is 5.23. The Morgan fingerprint density at radius 1 is 1.15 bits per heavy atom. The van der Waals surface area contributed by atoms with Crippen molar-refractivity contribution in [3.63, 3.8) is 0 Å². The molecule has 11 heteroatoms. The predicted molar refractivity (Wildman–Crippen MR) is 117 cm³/mol. The maximum Gasteiger partial charge on any atom is 0.389 e. The number of hydrogen-bond donors (Lipinski definition) is 2. The van der Waals surface area contributed by atoms with Crippen LogP contribution in [0.3, 0.4) is 0 Å². The molecule has 0 fully saturated rings. The van der Waals surface area contributed by atoms with Gasteiger partial charge in [-0.3, -0.25) is 9.59 Å². The molecule has 3 aromatic rings. The number of oxazole rings is 1. The first-order valence-electron chi connectivity index (χ1n) is 9.94. The molecule has 0 spiro atoms. The van der Waals surface area contributed by atoms with Crippen molar-refractivity contribution in [1.82, 2.24) is 10.3 Å². The van der Waals surface area contributed by atoms with E-state index in [1.165, 1.54) is 11.3 Å². The van der Waals surface area contributed by atoms with Gasteiger partial charge in [0.25, 0.3) is 5.91 Å². The van der Waals surface area contributed by atoms with Crippen molar-refractivity contribution in [2.24, 2.45) is 0 Å². The second-order valence-electron chi connectivity index (χ2n) is 7.14. The summed E-state index contributed by atoms with van der Waals surface area (Å²) < 4.78 is 47.3. The highest BCUT2D eigenvalue weighted by molar-refractivity contribution is 7.14. The molecule has 2 N–H and O–H groups in total. The van der Waals surface area contributed by atoms with Crippen LogP contribution in [0.1, 0.15) is 38.8 Å². The Labute approximate surface area is 192 Å². The summed E-state index contributed by atoms with van der Waals surface area (Å²) in [4.78, 5) is 29.8. The van der Waals surface area contributed by atoms with Gasteiger partial charge in [0.1, 0.15) is 11.5 Å². The molecule has 0 aliphatic rings. The molecular weight excluding hydrogens is 459 g/mol. The van der Waals surface area contributed by atoms with Gasteiger partial charge in [-0.1, -0.05) is 0 Å². The third-order valence-electron chi connectivity index (χ3n) is 4.54. The summed E-state index contributed by atoms with van der Waals surface area (Å²) in [7, 11) is 1.59. The summed E-state index contributed by atoms with van der Waals surface area (Å²) in [6.45, 7) is 2.06. The van der Waals surface area contributed by atoms with Gasteiger partial charge in [0.2, 0.25) is 11.8 Å². The third-order valence-corrected chi connectivity index (χ3v) is 5.60. The lowest BCUT2D eigenvalue weighted by molar-refractivity contribution is -0.144. The number of thiophene rings is 1. The number of benzene rings is 1. The van der Waals surface area contributed by atoms with Crippen LogP contribution in [-0.4, -0.2) is 30.1 Å². The summed E-state index contributed by atoms with van der Waals surface area (Å²) in [6.07, 6.45) is -6.19. The van der Waals surface area contributed by atoms with Crippen LogP contribution < -0.4 is 10.6 Å². The van der Waals surface area contributed by atoms with Gasteiger partial charge in [-0.15, -0.1) is 11.3 Å². The summed E-state index contributed by atoms with van der Waals surface area (Å²) in [5.41, 5.74) is 1.66. The molecule has 0 aliphatic heterocycles. The van der Waals surface area contributed by atoms with Gasteiger partial charge >= 0.3 is 6.18 Å². The number of nitrogens with one attached hydrogen (secondary N) is 2. The van der Waals surface area contributed by atoms with E-state index in [0.717, 1.165) is 4.88 Å². The number of rotatable bonds is 9.